The van der Waals surface area contributed by atoms with Gasteiger partial charge in [-0.25, -0.2) is 0 Å². The molecule has 1 aliphatic heterocycles. The molecule has 1 heterocycles. The number of hydrogen-bond acceptors (Lipinski definition) is 3. The number of nitrogens with one attached hydrogen (secondary N) is 1. The highest BCUT2D eigenvalue weighted by Gasteiger charge is 2.29. The Labute approximate surface area is 101 Å². The van der Waals surface area contributed by atoms with Crippen LogP contribution in [0.15, 0.2) is 0 Å². The molecule has 1 saturated heterocycles. The summed E-state index contributed by atoms with van der Waals surface area (Å²) in [7, 11) is 2.02. The summed E-state index contributed by atoms with van der Waals surface area (Å²) in [5.74, 6) is 0. The Morgan fingerprint density at radius 2 is 1.94 bits per heavy atom. The van der Waals surface area contributed by atoms with Crippen LogP contribution >= 0.6 is 0 Å². The van der Waals surface area contributed by atoms with Crippen LogP contribution in [-0.4, -0.2) is 50.3 Å². The average Bonchev–Trinajstić information content (AvgIpc) is 2.25. The van der Waals surface area contributed by atoms with Gasteiger partial charge in [-0.3, -0.25) is 4.90 Å². The van der Waals surface area contributed by atoms with Gasteiger partial charge in [-0.05, 0) is 46.8 Å². The fraction of sp³-hybridized carbons (Fsp3) is 1.00. The van der Waals surface area contributed by atoms with Gasteiger partial charge in [0.05, 0.1) is 13.2 Å². The van der Waals surface area contributed by atoms with E-state index in [1.807, 2.05) is 7.05 Å². The van der Waals surface area contributed by atoms with Crippen molar-refractivity contribution in [3.05, 3.63) is 0 Å². The lowest BCUT2D eigenvalue weighted by Gasteiger charge is -2.42. The highest BCUT2D eigenvalue weighted by molar-refractivity contribution is 4.84. The molecule has 0 amide bonds. The summed E-state index contributed by atoms with van der Waals surface area (Å²) in [4.78, 5) is 2.58. The molecular weight excluding hydrogens is 200 g/mol. The Bertz CT molecular complexity index is 183. The zero-order chi connectivity index (χ0) is 11.9. The van der Waals surface area contributed by atoms with Crippen LogP contribution < -0.4 is 5.32 Å². The van der Waals surface area contributed by atoms with Gasteiger partial charge in [-0.2, -0.15) is 0 Å². The summed E-state index contributed by atoms with van der Waals surface area (Å²) in [6.07, 6.45) is 5.34. The van der Waals surface area contributed by atoms with E-state index in [4.69, 9.17) is 4.74 Å². The fourth-order valence-corrected chi connectivity index (χ4v) is 2.26. The normalized spacial score (nSPS) is 21.2. The molecule has 0 saturated carbocycles. The quantitative estimate of drug-likeness (QED) is 0.673. The molecule has 96 valence electrons. The SMILES string of the molecule is CNCCCCCCN1CCOCC1(C)C. The van der Waals surface area contributed by atoms with Gasteiger partial charge in [0, 0.05) is 12.1 Å². The minimum Gasteiger partial charge on any atom is -0.378 e. The van der Waals surface area contributed by atoms with Gasteiger partial charge in [0.15, 0.2) is 0 Å². The first-order valence-corrected chi connectivity index (χ1v) is 6.64. The van der Waals surface area contributed by atoms with E-state index in [9.17, 15) is 0 Å². The number of hydrogen-bond donors (Lipinski definition) is 1. The summed E-state index contributed by atoms with van der Waals surface area (Å²) >= 11 is 0. The number of nitrogens with zero attached hydrogens (tertiary/aromatic N) is 1. The van der Waals surface area contributed by atoms with Crippen molar-refractivity contribution in [2.75, 3.05) is 39.9 Å². The molecule has 0 atom stereocenters. The molecule has 3 heteroatoms. The van der Waals surface area contributed by atoms with E-state index in [0.717, 1.165) is 26.3 Å². The lowest BCUT2D eigenvalue weighted by molar-refractivity contribution is -0.0513. The minimum absolute atomic E-state index is 0.239. The van der Waals surface area contributed by atoms with Gasteiger partial charge in [-0.15, -0.1) is 0 Å². The number of morpholine rings is 1. The highest BCUT2D eigenvalue weighted by atomic mass is 16.5. The summed E-state index contributed by atoms with van der Waals surface area (Å²) in [6, 6.07) is 0. The molecule has 1 aliphatic rings. The molecule has 16 heavy (non-hydrogen) atoms. The molecular formula is C13H28N2O. The maximum absolute atomic E-state index is 5.52. The molecule has 1 fully saturated rings. The van der Waals surface area contributed by atoms with Gasteiger partial charge < -0.3 is 10.1 Å². The summed E-state index contributed by atoms with van der Waals surface area (Å²) < 4.78 is 5.52. The Balaban J connectivity index is 2.07. The Morgan fingerprint density at radius 1 is 1.19 bits per heavy atom. The third kappa shape index (κ3) is 4.81. The highest BCUT2D eigenvalue weighted by Crippen LogP contribution is 2.19. The monoisotopic (exact) mass is 228 g/mol. The predicted octanol–water partition coefficient (Wildman–Crippen LogP) is 1.88. The number of ether oxygens (including phenoxy) is 1. The Hall–Kier alpha value is -0.120. The first-order chi connectivity index (χ1) is 7.67. The van der Waals surface area contributed by atoms with Crippen LogP contribution in [0.25, 0.3) is 0 Å². The molecule has 0 unspecified atom stereocenters. The van der Waals surface area contributed by atoms with Crippen LogP contribution in [0.4, 0.5) is 0 Å². The third-order valence-electron chi connectivity index (χ3n) is 3.42. The van der Waals surface area contributed by atoms with Crippen LogP contribution in [0.1, 0.15) is 39.5 Å². The zero-order valence-electron chi connectivity index (χ0n) is 11.2. The molecule has 0 radical (unpaired) electrons. The molecule has 3 nitrogen and oxygen atoms in total. The second-order valence-electron chi connectivity index (χ2n) is 5.37. The maximum Gasteiger partial charge on any atom is 0.0645 e. The van der Waals surface area contributed by atoms with Crippen LogP contribution in [0.2, 0.25) is 0 Å². The Morgan fingerprint density at radius 3 is 2.62 bits per heavy atom. The molecule has 0 aromatic carbocycles. The largest absolute Gasteiger partial charge is 0.378 e. The second kappa shape index (κ2) is 7.25. The molecule has 0 bridgehead atoms. The minimum atomic E-state index is 0.239. The van der Waals surface area contributed by atoms with E-state index in [0.29, 0.717) is 0 Å². The van der Waals surface area contributed by atoms with Gasteiger partial charge in [0.2, 0.25) is 0 Å². The van der Waals surface area contributed by atoms with Crippen molar-refractivity contribution in [1.29, 1.82) is 0 Å². The van der Waals surface area contributed by atoms with Crippen molar-refractivity contribution in [1.82, 2.24) is 10.2 Å². The lowest BCUT2D eigenvalue weighted by Crippen LogP contribution is -2.53. The van der Waals surface area contributed by atoms with Gasteiger partial charge in [0.1, 0.15) is 0 Å². The average molecular weight is 228 g/mol. The van der Waals surface area contributed by atoms with Gasteiger partial charge >= 0.3 is 0 Å². The molecule has 0 aliphatic carbocycles. The number of rotatable bonds is 7. The van der Waals surface area contributed by atoms with Gasteiger partial charge in [0.25, 0.3) is 0 Å². The first-order valence-electron chi connectivity index (χ1n) is 6.64. The van der Waals surface area contributed by atoms with Crippen molar-refractivity contribution in [2.45, 2.75) is 45.1 Å². The molecule has 0 aromatic rings. The van der Waals surface area contributed by atoms with Crippen molar-refractivity contribution in [3.8, 4) is 0 Å². The molecule has 1 rings (SSSR count). The van der Waals surface area contributed by atoms with E-state index in [1.165, 1.54) is 32.2 Å². The van der Waals surface area contributed by atoms with Crippen molar-refractivity contribution in [2.24, 2.45) is 0 Å². The topological polar surface area (TPSA) is 24.5 Å². The van der Waals surface area contributed by atoms with E-state index in [-0.39, 0.29) is 5.54 Å². The van der Waals surface area contributed by atoms with Crippen LogP contribution in [0.5, 0.6) is 0 Å². The van der Waals surface area contributed by atoms with E-state index in [1.54, 1.807) is 0 Å². The van der Waals surface area contributed by atoms with Crippen LogP contribution in [-0.2, 0) is 4.74 Å². The smallest absolute Gasteiger partial charge is 0.0645 e. The van der Waals surface area contributed by atoms with Crippen molar-refractivity contribution >= 4 is 0 Å². The van der Waals surface area contributed by atoms with E-state index < -0.39 is 0 Å². The Kier molecular flexibility index (Phi) is 6.32. The molecule has 0 aromatic heterocycles. The lowest BCUT2D eigenvalue weighted by atomic mass is 10.0. The summed E-state index contributed by atoms with van der Waals surface area (Å²) in [5, 5.41) is 3.19. The van der Waals surface area contributed by atoms with Crippen molar-refractivity contribution in [3.63, 3.8) is 0 Å². The van der Waals surface area contributed by atoms with E-state index >= 15 is 0 Å². The molecule has 0 spiro atoms. The van der Waals surface area contributed by atoms with Gasteiger partial charge in [-0.1, -0.05) is 12.8 Å². The first kappa shape index (κ1) is 13.9. The second-order valence-corrected chi connectivity index (χ2v) is 5.37. The standard InChI is InChI=1S/C13H28N2O/c1-13(2)12-16-11-10-15(13)9-7-5-4-6-8-14-3/h14H,4-12H2,1-3H3. The zero-order valence-corrected chi connectivity index (χ0v) is 11.2. The molecule has 1 N–H and O–H groups in total. The summed E-state index contributed by atoms with van der Waals surface area (Å²) in [5.41, 5.74) is 0.239. The maximum atomic E-state index is 5.52. The van der Waals surface area contributed by atoms with Crippen molar-refractivity contribution < 1.29 is 4.74 Å². The van der Waals surface area contributed by atoms with Crippen LogP contribution in [0, 0.1) is 0 Å². The third-order valence-corrected chi connectivity index (χ3v) is 3.42. The summed E-state index contributed by atoms with van der Waals surface area (Å²) in [6.45, 7) is 9.85. The van der Waals surface area contributed by atoms with E-state index in [2.05, 4.69) is 24.1 Å². The number of unbranched alkanes of at least 4 members (excludes halogenated alkanes) is 3. The fourth-order valence-electron chi connectivity index (χ4n) is 2.26. The predicted molar refractivity (Wildman–Crippen MR) is 68.9 cm³/mol. The van der Waals surface area contributed by atoms with Crippen LogP contribution in [0.3, 0.4) is 0 Å².